The number of likely N-dealkylation sites (N-methyl/N-ethyl adjacent to an activating group) is 1. The van der Waals surface area contributed by atoms with Crippen molar-refractivity contribution in [2.24, 2.45) is 0 Å². The molecule has 2 aromatic rings. The van der Waals surface area contributed by atoms with Crippen LogP contribution in [0.3, 0.4) is 0 Å². The van der Waals surface area contributed by atoms with E-state index in [-0.39, 0.29) is 30.5 Å². The minimum absolute atomic E-state index is 0.00128. The van der Waals surface area contributed by atoms with Gasteiger partial charge in [-0.2, -0.15) is 0 Å². The molecule has 1 aliphatic rings. The summed E-state index contributed by atoms with van der Waals surface area (Å²) < 4.78 is 19.0. The van der Waals surface area contributed by atoms with Gasteiger partial charge in [-0.1, -0.05) is 12.1 Å². The van der Waals surface area contributed by atoms with Crippen molar-refractivity contribution in [2.75, 3.05) is 25.1 Å². The molecular weight excluding hydrogens is 375 g/mol. The van der Waals surface area contributed by atoms with Gasteiger partial charge in [0.15, 0.2) is 0 Å². The molecule has 0 spiro atoms. The average Bonchev–Trinajstić information content (AvgIpc) is 2.93. The van der Waals surface area contributed by atoms with Crippen LogP contribution in [0.2, 0.25) is 0 Å². The Bertz CT molecular complexity index is 936. The number of amides is 2. The summed E-state index contributed by atoms with van der Waals surface area (Å²) in [6.45, 7) is 3.81. The maximum absolute atomic E-state index is 13.4. The maximum atomic E-state index is 13.4. The van der Waals surface area contributed by atoms with Gasteiger partial charge in [0.05, 0.1) is 24.0 Å². The molecule has 2 aromatic carbocycles. The molecule has 1 aliphatic heterocycles. The Balaban J connectivity index is 2.02. The highest BCUT2D eigenvalue weighted by molar-refractivity contribution is 6.45. The highest BCUT2D eigenvalue weighted by Gasteiger charge is 2.41. The number of carbonyl (C=O) groups is 2. The molecule has 0 saturated carbocycles. The van der Waals surface area contributed by atoms with Crippen molar-refractivity contribution in [3.8, 4) is 5.75 Å². The van der Waals surface area contributed by atoms with Gasteiger partial charge >= 0.3 is 0 Å². The lowest BCUT2D eigenvalue weighted by molar-refractivity contribution is -0.120. The molecule has 29 heavy (non-hydrogen) atoms. The van der Waals surface area contributed by atoms with E-state index >= 15 is 0 Å². The molecule has 1 N–H and O–H groups in total. The monoisotopic (exact) mass is 398 g/mol. The van der Waals surface area contributed by atoms with Crippen LogP contribution in [0.15, 0.2) is 54.2 Å². The highest BCUT2D eigenvalue weighted by Crippen LogP contribution is 2.35. The summed E-state index contributed by atoms with van der Waals surface area (Å²) in [5.74, 6) is -0.803. The Hall–Kier alpha value is -3.19. The van der Waals surface area contributed by atoms with E-state index in [1.54, 1.807) is 31.3 Å². The van der Waals surface area contributed by atoms with Crippen LogP contribution in [-0.4, -0.2) is 48.1 Å². The van der Waals surface area contributed by atoms with E-state index in [0.717, 1.165) is 4.90 Å². The molecule has 3 rings (SSSR count). The van der Waals surface area contributed by atoms with E-state index in [9.17, 15) is 19.1 Å². The van der Waals surface area contributed by atoms with Crippen molar-refractivity contribution < 1.29 is 23.8 Å². The molecule has 0 radical (unpaired) electrons. The van der Waals surface area contributed by atoms with E-state index in [2.05, 4.69) is 0 Å². The lowest BCUT2D eigenvalue weighted by Crippen LogP contribution is -2.34. The third-order valence-electron chi connectivity index (χ3n) is 4.48. The van der Waals surface area contributed by atoms with Crippen LogP contribution in [0.25, 0.3) is 5.57 Å². The summed E-state index contributed by atoms with van der Waals surface area (Å²) in [5, 5.41) is 9.29. The standard InChI is InChI=1S/C22H23FN2O4/c1-14(2)29-18-10-8-17(9-11-18)25-21(27)19(15-4-6-16(23)7-5-15)20(22(25)28)24(3)12-13-26/h4-11,14,26H,12-13H2,1-3H3. The summed E-state index contributed by atoms with van der Waals surface area (Å²) in [5.41, 5.74) is 1.18. The van der Waals surface area contributed by atoms with Crippen LogP contribution in [0.1, 0.15) is 19.4 Å². The number of rotatable bonds is 7. The van der Waals surface area contributed by atoms with Gasteiger partial charge in [0, 0.05) is 13.6 Å². The van der Waals surface area contributed by atoms with Crippen LogP contribution >= 0.6 is 0 Å². The zero-order chi connectivity index (χ0) is 21.1. The van der Waals surface area contributed by atoms with Crippen molar-refractivity contribution >= 4 is 23.1 Å². The summed E-state index contributed by atoms with van der Waals surface area (Å²) in [7, 11) is 1.63. The fourth-order valence-electron chi connectivity index (χ4n) is 3.19. The molecule has 1 heterocycles. The third kappa shape index (κ3) is 4.14. The zero-order valence-electron chi connectivity index (χ0n) is 16.6. The molecule has 0 aromatic heterocycles. The molecule has 0 aliphatic carbocycles. The lowest BCUT2D eigenvalue weighted by atomic mass is 10.0. The Kier molecular flexibility index (Phi) is 5.98. The van der Waals surface area contributed by atoms with Crippen LogP contribution in [0.5, 0.6) is 5.75 Å². The minimum atomic E-state index is -0.501. The molecule has 6 nitrogen and oxygen atoms in total. The van der Waals surface area contributed by atoms with Gasteiger partial charge in [0.25, 0.3) is 11.8 Å². The topological polar surface area (TPSA) is 70.1 Å². The average molecular weight is 398 g/mol. The van der Waals surface area contributed by atoms with E-state index in [1.165, 1.54) is 29.2 Å². The minimum Gasteiger partial charge on any atom is -0.491 e. The summed E-state index contributed by atoms with van der Waals surface area (Å²) >= 11 is 0. The van der Waals surface area contributed by atoms with Crippen molar-refractivity contribution in [2.45, 2.75) is 20.0 Å². The number of imide groups is 1. The second-order valence-electron chi connectivity index (χ2n) is 6.98. The number of hydrogen-bond donors (Lipinski definition) is 1. The third-order valence-corrected chi connectivity index (χ3v) is 4.48. The van der Waals surface area contributed by atoms with Crippen molar-refractivity contribution in [3.05, 3.63) is 65.6 Å². The molecule has 152 valence electrons. The van der Waals surface area contributed by atoms with Crippen LogP contribution < -0.4 is 9.64 Å². The van der Waals surface area contributed by atoms with Gasteiger partial charge in [-0.3, -0.25) is 9.59 Å². The van der Waals surface area contributed by atoms with Gasteiger partial charge in [0.2, 0.25) is 0 Å². The molecule has 0 fully saturated rings. The predicted octanol–water partition coefficient (Wildman–Crippen LogP) is 2.82. The van der Waals surface area contributed by atoms with Gasteiger partial charge in [-0.15, -0.1) is 0 Å². The predicted molar refractivity (Wildman–Crippen MR) is 108 cm³/mol. The van der Waals surface area contributed by atoms with Crippen LogP contribution in [0, 0.1) is 5.82 Å². The molecule has 2 amide bonds. The summed E-state index contributed by atoms with van der Waals surface area (Å²) in [6.07, 6.45) is 0.00128. The first-order chi connectivity index (χ1) is 13.8. The van der Waals surface area contributed by atoms with E-state index in [4.69, 9.17) is 4.74 Å². The van der Waals surface area contributed by atoms with Gasteiger partial charge in [-0.05, 0) is 55.8 Å². The quantitative estimate of drug-likeness (QED) is 0.727. The number of hydrogen-bond acceptors (Lipinski definition) is 5. The number of benzene rings is 2. The summed E-state index contributed by atoms with van der Waals surface area (Å²) in [4.78, 5) is 29.0. The van der Waals surface area contributed by atoms with Gasteiger partial charge in [0.1, 0.15) is 17.3 Å². The largest absolute Gasteiger partial charge is 0.491 e. The summed E-state index contributed by atoms with van der Waals surface area (Å²) in [6, 6.07) is 12.1. The lowest BCUT2D eigenvalue weighted by Gasteiger charge is -2.20. The first kappa shape index (κ1) is 20.5. The Morgan fingerprint density at radius 1 is 1.03 bits per heavy atom. The fraction of sp³-hybridized carbons (Fsp3) is 0.273. The Morgan fingerprint density at radius 2 is 1.66 bits per heavy atom. The number of aliphatic hydroxyl groups is 1. The number of carbonyl (C=O) groups excluding carboxylic acids is 2. The second-order valence-corrected chi connectivity index (χ2v) is 6.98. The van der Waals surface area contributed by atoms with Gasteiger partial charge in [-0.25, -0.2) is 9.29 Å². The first-order valence-electron chi connectivity index (χ1n) is 9.31. The smallest absolute Gasteiger partial charge is 0.282 e. The van der Waals surface area contributed by atoms with Crippen LogP contribution in [0.4, 0.5) is 10.1 Å². The molecule has 7 heteroatoms. The van der Waals surface area contributed by atoms with Crippen molar-refractivity contribution in [1.29, 1.82) is 0 Å². The van der Waals surface area contributed by atoms with E-state index < -0.39 is 17.6 Å². The number of ether oxygens (including phenoxy) is 1. The second kappa shape index (κ2) is 8.45. The maximum Gasteiger partial charge on any atom is 0.282 e. The van der Waals surface area contributed by atoms with E-state index in [0.29, 0.717) is 17.0 Å². The van der Waals surface area contributed by atoms with Crippen molar-refractivity contribution in [1.82, 2.24) is 4.90 Å². The van der Waals surface area contributed by atoms with E-state index in [1.807, 2.05) is 13.8 Å². The normalized spacial score (nSPS) is 14.2. The number of halogens is 1. The molecule has 0 atom stereocenters. The Labute approximate surface area is 168 Å². The first-order valence-corrected chi connectivity index (χ1v) is 9.31. The van der Waals surface area contributed by atoms with Gasteiger partial charge < -0.3 is 14.7 Å². The fourth-order valence-corrected chi connectivity index (χ4v) is 3.19. The number of aliphatic hydroxyl groups excluding tert-OH is 1. The number of nitrogens with zero attached hydrogens (tertiary/aromatic N) is 2. The van der Waals surface area contributed by atoms with Crippen molar-refractivity contribution in [3.63, 3.8) is 0 Å². The van der Waals surface area contributed by atoms with Crippen LogP contribution in [-0.2, 0) is 9.59 Å². The highest BCUT2D eigenvalue weighted by atomic mass is 19.1. The molecular formula is C22H23FN2O4. The molecule has 0 saturated heterocycles. The Morgan fingerprint density at radius 3 is 2.21 bits per heavy atom. The number of anilines is 1. The SMILES string of the molecule is CC(C)Oc1ccc(N2C(=O)C(c3ccc(F)cc3)=C(N(C)CCO)C2=O)cc1. The molecule has 0 unspecified atom stereocenters. The zero-order valence-corrected chi connectivity index (χ0v) is 16.6. The molecule has 0 bridgehead atoms.